The molecule has 3 nitrogen and oxygen atoms in total. The van der Waals surface area contributed by atoms with E-state index in [4.69, 9.17) is 0 Å². The van der Waals surface area contributed by atoms with Crippen LogP contribution in [0.2, 0.25) is 0 Å². The number of unbranched alkanes of at least 4 members (excludes halogenated alkanes) is 2. The number of piperidine rings is 1. The van der Waals surface area contributed by atoms with Crippen molar-refractivity contribution < 1.29 is 4.79 Å². The van der Waals surface area contributed by atoms with Crippen molar-refractivity contribution in [1.29, 1.82) is 0 Å². The molecule has 1 aliphatic heterocycles. The standard InChI is InChI=1S/C19H30N2O/c1-3-4-7-12-20-19(22)17-10-13-21(14-11-17)15-18-9-6-5-8-16(18)2/h5-6,8-9,17H,3-4,7,10-15H2,1-2H3,(H,20,22). The molecule has 1 aromatic carbocycles. The van der Waals surface area contributed by atoms with E-state index in [0.717, 1.165) is 45.4 Å². The Balaban J connectivity index is 1.71. The summed E-state index contributed by atoms with van der Waals surface area (Å²) in [5.74, 6) is 0.487. The molecule has 22 heavy (non-hydrogen) atoms. The van der Waals surface area contributed by atoms with Crippen molar-refractivity contribution in [3.63, 3.8) is 0 Å². The molecular formula is C19H30N2O. The van der Waals surface area contributed by atoms with E-state index in [9.17, 15) is 4.79 Å². The number of benzene rings is 1. The van der Waals surface area contributed by atoms with Crippen molar-refractivity contribution in [2.24, 2.45) is 5.92 Å². The maximum absolute atomic E-state index is 12.2. The highest BCUT2D eigenvalue weighted by atomic mass is 16.1. The van der Waals surface area contributed by atoms with Crippen LogP contribution in [0.4, 0.5) is 0 Å². The van der Waals surface area contributed by atoms with Crippen LogP contribution in [0, 0.1) is 12.8 Å². The van der Waals surface area contributed by atoms with Gasteiger partial charge in [0, 0.05) is 19.0 Å². The van der Waals surface area contributed by atoms with E-state index < -0.39 is 0 Å². The second kappa shape index (κ2) is 8.94. The van der Waals surface area contributed by atoms with Gasteiger partial charge in [-0.3, -0.25) is 9.69 Å². The SMILES string of the molecule is CCCCCNC(=O)C1CCN(Cc2ccccc2C)CC1. The van der Waals surface area contributed by atoms with Gasteiger partial charge in [0.15, 0.2) is 0 Å². The van der Waals surface area contributed by atoms with Gasteiger partial charge in [0.25, 0.3) is 0 Å². The number of hydrogen-bond donors (Lipinski definition) is 1. The number of aryl methyl sites for hydroxylation is 1. The fourth-order valence-electron chi connectivity index (χ4n) is 3.11. The molecule has 1 N–H and O–H groups in total. The van der Waals surface area contributed by atoms with E-state index in [2.05, 4.69) is 48.3 Å². The third-order valence-corrected chi connectivity index (χ3v) is 4.69. The van der Waals surface area contributed by atoms with Gasteiger partial charge in [-0.25, -0.2) is 0 Å². The molecule has 1 amide bonds. The molecule has 0 unspecified atom stereocenters. The van der Waals surface area contributed by atoms with Crippen molar-refractivity contribution in [3.8, 4) is 0 Å². The molecule has 0 radical (unpaired) electrons. The quantitative estimate of drug-likeness (QED) is 0.782. The number of likely N-dealkylation sites (tertiary alicyclic amines) is 1. The summed E-state index contributed by atoms with van der Waals surface area (Å²) in [4.78, 5) is 14.6. The molecule has 1 aliphatic rings. The van der Waals surface area contributed by atoms with Crippen LogP contribution in [0.15, 0.2) is 24.3 Å². The zero-order valence-corrected chi connectivity index (χ0v) is 14.1. The van der Waals surface area contributed by atoms with Crippen LogP contribution < -0.4 is 5.32 Å². The van der Waals surface area contributed by atoms with Gasteiger partial charge in [0.2, 0.25) is 5.91 Å². The normalized spacial score (nSPS) is 16.6. The highest BCUT2D eigenvalue weighted by Gasteiger charge is 2.24. The zero-order valence-electron chi connectivity index (χ0n) is 14.1. The lowest BCUT2D eigenvalue weighted by Crippen LogP contribution is -2.40. The monoisotopic (exact) mass is 302 g/mol. The number of carbonyl (C=O) groups is 1. The lowest BCUT2D eigenvalue weighted by Gasteiger charge is -2.31. The molecule has 3 heteroatoms. The third-order valence-electron chi connectivity index (χ3n) is 4.69. The Morgan fingerprint density at radius 1 is 1.23 bits per heavy atom. The first kappa shape index (κ1) is 17.0. The lowest BCUT2D eigenvalue weighted by atomic mass is 9.95. The van der Waals surface area contributed by atoms with E-state index >= 15 is 0 Å². The number of nitrogens with one attached hydrogen (secondary N) is 1. The molecule has 1 heterocycles. The zero-order chi connectivity index (χ0) is 15.8. The minimum absolute atomic E-state index is 0.217. The van der Waals surface area contributed by atoms with E-state index in [0.29, 0.717) is 0 Å². The highest BCUT2D eigenvalue weighted by Crippen LogP contribution is 2.20. The van der Waals surface area contributed by atoms with Crippen molar-refractivity contribution in [2.75, 3.05) is 19.6 Å². The molecule has 0 saturated carbocycles. The summed E-state index contributed by atoms with van der Waals surface area (Å²) in [5, 5.41) is 3.10. The van der Waals surface area contributed by atoms with Crippen LogP contribution in [-0.4, -0.2) is 30.4 Å². The predicted molar refractivity (Wildman–Crippen MR) is 91.7 cm³/mol. The number of nitrogens with zero attached hydrogens (tertiary/aromatic N) is 1. The molecule has 0 aliphatic carbocycles. The summed E-state index contributed by atoms with van der Waals surface area (Å²) in [7, 11) is 0. The minimum atomic E-state index is 0.217. The number of rotatable bonds is 7. The largest absolute Gasteiger partial charge is 0.356 e. The van der Waals surface area contributed by atoms with E-state index in [1.807, 2.05) is 0 Å². The van der Waals surface area contributed by atoms with Crippen LogP contribution in [0.5, 0.6) is 0 Å². The summed E-state index contributed by atoms with van der Waals surface area (Å²) in [6.07, 6.45) is 5.49. The molecule has 0 atom stereocenters. The van der Waals surface area contributed by atoms with Crippen LogP contribution >= 0.6 is 0 Å². The first-order valence-corrected chi connectivity index (χ1v) is 8.75. The minimum Gasteiger partial charge on any atom is -0.356 e. The average Bonchev–Trinajstić information content (AvgIpc) is 2.54. The smallest absolute Gasteiger partial charge is 0.223 e. The van der Waals surface area contributed by atoms with Gasteiger partial charge in [0.05, 0.1) is 0 Å². The average molecular weight is 302 g/mol. The van der Waals surface area contributed by atoms with Crippen molar-refractivity contribution >= 4 is 5.91 Å². The molecule has 0 aromatic heterocycles. The van der Waals surface area contributed by atoms with Gasteiger partial charge < -0.3 is 5.32 Å². The Kier molecular flexibility index (Phi) is 6.91. The van der Waals surface area contributed by atoms with Crippen LogP contribution in [-0.2, 0) is 11.3 Å². The Bertz CT molecular complexity index is 464. The van der Waals surface area contributed by atoms with Crippen molar-refractivity contribution in [2.45, 2.75) is 52.5 Å². The lowest BCUT2D eigenvalue weighted by molar-refractivity contribution is -0.126. The summed E-state index contributed by atoms with van der Waals surface area (Å²) in [6, 6.07) is 8.58. The first-order valence-electron chi connectivity index (χ1n) is 8.75. The maximum Gasteiger partial charge on any atom is 0.223 e. The third kappa shape index (κ3) is 5.13. The Labute approximate surface area is 135 Å². The van der Waals surface area contributed by atoms with E-state index in [1.165, 1.54) is 24.0 Å². The number of hydrogen-bond acceptors (Lipinski definition) is 2. The Morgan fingerprint density at radius 3 is 2.64 bits per heavy atom. The summed E-state index contributed by atoms with van der Waals surface area (Å²) >= 11 is 0. The molecule has 1 aromatic rings. The second-order valence-corrected chi connectivity index (χ2v) is 6.48. The molecule has 1 fully saturated rings. The van der Waals surface area contributed by atoms with Gasteiger partial charge in [-0.1, -0.05) is 44.0 Å². The summed E-state index contributed by atoms with van der Waals surface area (Å²) in [6.45, 7) is 8.27. The molecule has 122 valence electrons. The van der Waals surface area contributed by atoms with Gasteiger partial charge in [-0.05, 0) is 50.4 Å². The number of carbonyl (C=O) groups excluding carboxylic acids is 1. The van der Waals surface area contributed by atoms with E-state index in [-0.39, 0.29) is 11.8 Å². The molecule has 0 bridgehead atoms. The predicted octanol–water partition coefficient (Wildman–Crippen LogP) is 3.51. The van der Waals surface area contributed by atoms with Crippen LogP contribution in [0.25, 0.3) is 0 Å². The summed E-state index contributed by atoms with van der Waals surface area (Å²) in [5.41, 5.74) is 2.77. The fraction of sp³-hybridized carbons (Fsp3) is 0.632. The van der Waals surface area contributed by atoms with Crippen molar-refractivity contribution in [1.82, 2.24) is 10.2 Å². The molecule has 0 spiro atoms. The first-order chi connectivity index (χ1) is 10.7. The fourth-order valence-corrected chi connectivity index (χ4v) is 3.11. The molecule has 2 rings (SSSR count). The van der Waals surface area contributed by atoms with Gasteiger partial charge in [-0.2, -0.15) is 0 Å². The summed E-state index contributed by atoms with van der Waals surface area (Å²) < 4.78 is 0. The molecular weight excluding hydrogens is 272 g/mol. The van der Waals surface area contributed by atoms with Gasteiger partial charge in [-0.15, -0.1) is 0 Å². The number of amides is 1. The Hall–Kier alpha value is -1.35. The topological polar surface area (TPSA) is 32.3 Å². The van der Waals surface area contributed by atoms with Crippen molar-refractivity contribution in [3.05, 3.63) is 35.4 Å². The Morgan fingerprint density at radius 2 is 1.95 bits per heavy atom. The molecule has 1 saturated heterocycles. The van der Waals surface area contributed by atoms with Crippen LogP contribution in [0.1, 0.15) is 50.2 Å². The van der Waals surface area contributed by atoms with Gasteiger partial charge >= 0.3 is 0 Å². The van der Waals surface area contributed by atoms with Gasteiger partial charge in [0.1, 0.15) is 0 Å². The van der Waals surface area contributed by atoms with E-state index in [1.54, 1.807) is 0 Å². The van der Waals surface area contributed by atoms with Crippen LogP contribution in [0.3, 0.4) is 0 Å². The maximum atomic E-state index is 12.2. The second-order valence-electron chi connectivity index (χ2n) is 6.48. The highest BCUT2D eigenvalue weighted by molar-refractivity contribution is 5.78.